The SMILES string of the molecule is CC(C)(O)CN1CCN(C(=O)c2c[nH]c3cc(Cl)ccc23)CC1. The standard InChI is InChI=1S/C17H22ClN3O2/c1-17(2,23)11-20-5-7-21(8-6-20)16(22)14-10-19-15-9-12(18)3-4-13(14)15/h3-4,9-10,19,23H,5-8,11H2,1-2H3. The van der Waals surface area contributed by atoms with E-state index in [-0.39, 0.29) is 5.91 Å². The Hall–Kier alpha value is -1.56. The lowest BCUT2D eigenvalue weighted by Gasteiger charge is -2.37. The number of hydrogen-bond donors (Lipinski definition) is 2. The van der Waals surface area contributed by atoms with Gasteiger partial charge in [-0.3, -0.25) is 9.69 Å². The average molecular weight is 336 g/mol. The molecule has 0 aliphatic carbocycles. The number of aromatic amines is 1. The Balaban J connectivity index is 1.69. The third-order valence-electron chi connectivity index (χ3n) is 4.14. The predicted octanol–water partition coefficient (Wildman–Crippen LogP) is 2.35. The van der Waals surface area contributed by atoms with Gasteiger partial charge >= 0.3 is 0 Å². The molecular formula is C17H22ClN3O2. The number of nitrogens with one attached hydrogen (secondary N) is 1. The summed E-state index contributed by atoms with van der Waals surface area (Å²) in [5, 5.41) is 11.5. The first-order chi connectivity index (χ1) is 10.8. The number of fused-ring (bicyclic) bond motifs is 1. The molecule has 3 rings (SSSR count). The summed E-state index contributed by atoms with van der Waals surface area (Å²) >= 11 is 5.98. The van der Waals surface area contributed by atoms with E-state index in [9.17, 15) is 9.90 Å². The zero-order chi connectivity index (χ0) is 16.6. The fourth-order valence-corrected chi connectivity index (χ4v) is 3.27. The number of β-amino-alcohol motifs (C(OH)–C–C–N with tert-alkyl or cyclic N) is 1. The highest BCUT2D eigenvalue weighted by Gasteiger charge is 2.26. The Bertz CT molecular complexity index is 712. The molecule has 0 radical (unpaired) electrons. The minimum atomic E-state index is -0.706. The second-order valence-electron chi connectivity index (χ2n) is 6.77. The van der Waals surface area contributed by atoms with E-state index < -0.39 is 5.60 Å². The van der Waals surface area contributed by atoms with Gasteiger partial charge in [-0.15, -0.1) is 0 Å². The van der Waals surface area contributed by atoms with Crippen molar-refractivity contribution >= 4 is 28.4 Å². The smallest absolute Gasteiger partial charge is 0.256 e. The molecule has 1 amide bonds. The van der Waals surface area contributed by atoms with Crippen LogP contribution in [0.5, 0.6) is 0 Å². The first-order valence-electron chi connectivity index (χ1n) is 7.84. The molecule has 1 saturated heterocycles. The van der Waals surface area contributed by atoms with Gasteiger partial charge in [-0.1, -0.05) is 17.7 Å². The third-order valence-corrected chi connectivity index (χ3v) is 4.38. The summed E-state index contributed by atoms with van der Waals surface area (Å²) in [6, 6.07) is 5.51. The van der Waals surface area contributed by atoms with Crippen molar-refractivity contribution in [2.24, 2.45) is 0 Å². The molecule has 1 aromatic carbocycles. The molecule has 0 bridgehead atoms. The Kier molecular flexibility index (Phi) is 4.36. The van der Waals surface area contributed by atoms with Crippen molar-refractivity contribution in [3.05, 3.63) is 35.0 Å². The van der Waals surface area contributed by atoms with Crippen LogP contribution in [0.3, 0.4) is 0 Å². The zero-order valence-electron chi connectivity index (χ0n) is 13.5. The van der Waals surface area contributed by atoms with Gasteiger partial charge in [-0.25, -0.2) is 0 Å². The molecule has 5 nitrogen and oxygen atoms in total. The van der Waals surface area contributed by atoms with E-state index in [2.05, 4.69) is 9.88 Å². The molecule has 0 unspecified atom stereocenters. The van der Waals surface area contributed by atoms with Gasteiger partial charge in [0.05, 0.1) is 11.2 Å². The number of amides is 1. The lowest BCUT2D eigenvalue weighted by atomic mass is 10.1. The molecule has 0 atom stereocenters. The van der Waals surface area contributed by atoms with Gasteiger partial charge in [0.15, 0.2) is 0 Å². The number of H-pyrrole nitrogens is 1. The molecule has 124 valence electrons. The molecule has 1 aliphatic heterocycles. The number of nitrogens with zero attached hydrogens (tertiary/aromatic N) is 2. The molecule has 1 aliphatic rings. The quantitative estimate of drug-likeness (QED) is 0.905. The number of carbonyl (C=O) groups excluding carboxylic acids is 1. The van der Waals surface area contributed by atoms with Crippen molar-refractivity contribution in [3.8, 4) is 0 Å². The van der Waals surface area contributed by atoms with Crippen LogP contribution >= 0.6 is 11.6 Å². The molecular weight excluding hydrogens is 314 g/mol. The van der Waals surface area contributed by atoms with Crippen LogP contribution in [0.15, 0.2) is 24.4 Å². The van der Waals surface area contributed by atoms with Crippen LogP contribution in [-0.2, 0) is 0 Å². The monoisotopic (exact) mass is 335 g/mol. The van der Waals surface area contributed by atoms with Gasteiger partial charge in [0.2, 0.25) is 0 Å². The molecule has 0 saturated carbocycles. The van der Waals surface area contributed by atoms with E-state index in [0.717, 1.165) is 24.0 Å². The van der Waals surface area contributed by atoms with E-state index in [4.69, 9.17) is 11.6 Å². The first kappa shape index (κ1) is 16.3. The number of piperazine rings is 1. The van der Waals surface area contributed by atoms with Crippen molar-refractivity contribution in [3.63, 3.8) is 0 Å². The van der Waals surface area contributed by atoms with Crippen LogP contribution < -0.4 is 0 Å². The van der Waals surface area contributed by atoms with E-state index in [0.29, 0.717) is 30.2 Å². The highest BCUT2D eigenvalue weighted by molar-refractivity contribution is 6.31. The Morgan fingerprint density at radius 3 is 2.65 bits per heavy atom. The molecule has 2 aromatic rings. The summed E-state index contributed by atoms with van der Waals surface area (Å²) in [6.45, 7) is 7.15. The summed E-state index contributed by atoms with van der Waals surface area (Å²) < 4.78 is 0. The average Bonchev–Trinajstić information content (AvgIpc) is 2.88. The van der Waals surface area contributed by atoms with Crippen molar-refractivity contribution in [1.29, 1.82) is 0 Å². The fraction of sp³-hybridized carbons (Fsp3) is 0.471. The number of carbonyl (C=O) groups is 1. The molecule has 23 heavy (non-hydrogen) atoms. The number of halogens is 1. The van der Waals surface area contributed by atoms with Crippen LogP contribution in [0.4, 0.5) is 0 Å². The van der Waals surface area contributed by atoms with Crippen LogP contribution in [0.2, 0.25) is 5.02 Å². The number of aliphatic hydroxyl groups is 1. The summed E-state index contributed by atoms with van der Waals surface area (Å²) in [5.41, 5.74) is 0.858. The van der Waals surface area contributed by atoms with Crippen LogP contribution in [0.25, 0.3) is 10.9 Å². The van der Waals surface area contributed by atoms with Gasteiger partial charge in [0.1, 0.15) is 0 Å². The molecule has 2 N–H and O–H groups in total. The van der Waals surface area contributed by atoms with Gasteiger partial charge in [0, 0.05) is 54.8 Å². The van der Waals surface area contributed by atoms with E-state index in [1.807, 2.05) is 30.9 Å². The maximum atomic E-state index is 12.8. The van der Waals surface area contributed by atoms with Gasteiger partial charge in [-0.2, -0.15) is 0 Å². The van der Waals surface area contributed by atoms with Gasteiger partial charge in [-0.05, 0) is 26.0 Å². The summed E-state index contributed by atoms with van der Waals surface area (Å²) in [5.74, 6) is 0.0430. The topological polar surface area (TPSA) is 59.6 Å². The Morgan fingerprint density at radius 2 is 2.00 bits per heavy atom. The highest BCUT2D eigenvalue weighted by Crippen LogP contribution is 2.23. The molecule has 0 spiro atoms. The van der Waals surface area contributed by atoms with E-state index in [1.54, 1.807) is 12.3 Å². The maximum absolute atomic E-state index is 12.8. The molecule has 1 aromatic heterocycles. The lowest BCUT2D eigenvalue weighted by Crippen LogP contribution is -2.51. The largest absolute Gasteiger partial charge is 0.389 e. The molecule has 6 heteroatoms. The van der Waals surface area contributed by atoms with Crippen molar-refractivity contribution < 1.29 is 9.90 Å². The van der Waals surface area contributed by atoms with Crippen molar-refractivity contribution in [2.75, 3.05) is 32.7 Å². The lowest BCUT2D eigenvalue weighted by molar-refractivity contribution is 0.0179. The molecule has 2 heterocycles. The highest BCUT2D eigenvalue weighted by atomic mass is 35.5. The van der Waals surface area contributed by atoms with Crippen molar-refractivity contribution in [1.82, 2.24) is 14.8 Å². The van der Waals surface area contributed by atoms with Gasteiger partial charge < -0.3 is 15.0 Å². The predicted molar refractivity (Wildman–Crippen MR) is 92.0 cm³/mol. The van der Waals surface area contributed by atoms with Gasteiger partial charge in [0.25, 0.3) is 5.91 Å². The normalized spacial score (nSPS) is 17.0. The van der Waals surface area contributed by atoms with E-state index >= 15 is 0 Å². The summed E-state index contributed by atoms with van der Waals surface area (Å²) in [6.07, 6.45) is 1.76. The fourth-order valence-electron chi connectivity index (χ4n) is 3.10. The third kappa shape index (κ3) is 3.68. The number of hydrogen-bond acceptors (Lipinski definition) is 3. The van der Waals surface area contributed by atoms with Crippen LogP contribution in [-0.4, -0.2) is 64.1 Å². The summed E-state index contributed by atoms with van der Waals surface area (Å²) in [4.78, 5) is 19.9. The Morgan fingerprint density at radius 1 is 1.30 bits per heavy atom. The van der Waals surface area contributed by atoms with E-state index in [1.165, 1.54) is 0 Å². The zero-order valence-corrected chi connectivity index (χ0v) is 14.2. The number of rotatable bonds is 3. The Labute approximate surface area is 140 Å². The maximum Gasteiger partial charge on any atom is 0.256 e. The number of aromatic nitrogens is 1. The number of benzene rings is 1. The first-order valence-corrected chi connectivity index (χ1v) is 8.22. The minimum absolute atomic E-state index is 0.0430. The van der Waals surface area contributed by atoms with Crippen LogP contribution in [0, 0.1) is 0 Å². The second kappa shape index (κ2) is 6.15. The summed E-state index contributed by atoms with van der Waals surface area (Å²) in [7, 11) is 0. The molecule has 1 fully saturated rings. The van der Waals surface area contributed by atoms with Crippen LogP contribution in [0.1, 0.15) is 24.2 Å². The van der Waals surface area contributed by atoms with Crippen molar-refractivity contribution in [2.45, 2.75) is 19.4 Å². The second-order valence-corrected chi connectivity index (χ2v) is 7.21. The minimum Gasteiger partial charge on any atom is -0.389 e.